The Morgan fingerprint density at radius 1 is 1.47 bits per heavy atom. The molecule has 0 radical (unpaired) electrons. The van der Waals surface area contributed by atoms with Crippen molar-refractivity contribution in [2.45, 2.75) is 25.4 Å². The third kappa shape index (κ3) is 2.78. The Bertz CT molecular complexity index is 463. The first-order valence-corrected chi connectivity index (χ1v) is 6.13. The Labute approximate surface area is 106 Å². The fourth-order valence-corrected chi connectivity index (χ4v) is 1.99. The highest BCUT2D eigenvalue weighted by atomic mass is 35.5. The lowest BCUT2D eigenvalue weighted by Gasteiger charge is -2.21. The molecule has 0 N–H and O–H groups in total. The second-order valence-electron chi connectivity index (χ2n) is 4.16. The first-order chi connectivity index (χ1) is 8.26. The average molecular weight is 249 g/mol. The summed E-state index contributed by atoms with van der Waals surface area (Å²) in [5, 5.41) is 9.00. The Balaban J connectivity index is 2.17. The van der Waals surface area contributed by atoms with Crippen LogP contribution in [-0.2, 0) is 11.3 Å². The predicted molar refractivity (Wildman–Crippen MR) is 65.4 cm³/mol. The fraction of sp³-hybridized carbons (Fsp3) is 0.385. The van der Waals surface area contributed by atoms with E-state index in [1.807, 2.05) is 18.2 Å². The topological polar surface area (TPSA) is 44.1 Å². The number of hydrogen-bond donors (Lipinski definition) is 0. The molecule has 1 aromatic carbocycles. The van der Waals surface area contributed by atoms with E-state index in [0.29, 0.717) is 18.2 Å². The van der Waals surface area contributed by atoms with E-state index in [0.717, 1.165) is 18.4 Å². The standard InChI is InChI=1S/C13H13ClN2O/c14-7-13(17)16(12-5-6-12)9-11-4-2-1-3-10(11)8-15/h1-4,12H,5-7,9H2. The van der Waals surface area contributed by atoms with Crippen molar-refractivity contribution < 1.29 is 4.79 Å². The summed E-state index contributed by atoms with van der Waals surface area (Å²) in [7, 11) is 0. The van der Waals surface area contributed by atoms with Gasteiger partial charge in [-0.3, -0.25) is 4.79 Å². The van der Waals surface area contributed by atoms with Crippen molar-refractivity contribution in [3.05, 3.63) is 35.4 Å². The van der Waals surface area contributed by atoms with Crippen molar-refractivity contribution in [1.29, 1.82) is 5.26 Å². The third-order valence-electron chi connectivity index (χ3n) is 2.90. The summed E-state index contributed by atoms with van der Waals surface area (Å²) in [6.07, 6.45) is 2.08. The number of carbonyl (C=O) groups excluding carboxylic acids is 1. The molecule has 0 bridgehead atoms. The molecule has 0 heterocycles. The van der Waals surface area contributed by atoms with E-state index in [9.17, 15) is 4.79 Å². The summed E-state index contributed by atoms with van der Waals surface area (Å²) in [6, 6.07) is 9.82. The van der Waals surface area contributed by atoms with Crippen LogP contribution in [0.3, 0.4) is 0 Å². The van der Waals surface area contributed by atoms with Gasteiger partial charge < -0.3 is 4.90 Å². The van der Waals surface area contributed by atoms with Crippen LogP contribution in [-0.4, -0.2) is 22.7 Å². The van der Waals surface area contributed by atoms with Crippen molar-refractivity contribution in [3.8, 4) is 6.07 Å². The zero-order chi connectivity index (χ0) is 12.3. The van der Waals surface area contributed by atoms with Crippen LogP contribution < -0.4 is 0 Å². The molecule has 3 nitrogen and oxygen atoms in total. The number of alkyl halides is 1. The van der Waals surface area contributed by atoms with Crippen LogP contribution >= 0.6 is 11.6 Å². The molecule has 0 aliphatic heterocycles. The van der Waals surface area contributed by atoms with Crippen LogP contribution in [0.25, 0.3) is 0 Å². The molecule has 1 fully saturated rings. The first-order valence-electron chi connectivity index (χ1n) is 5.59. The minimum atomic E-state index is -0.0538. The Morgan fingerprint density at radius 2 is 2.18 bits per heavy atom. The van der Waals surface area contributed by atoms with E-state index >= 15 is 0 Å². The molecule has 1 amide bonds. The smallest absolute Gasteiger partial charge is 0.238 e. The van der Waals surface area contributed by atoms with Crippen molar-refractivity contribution in [1.82, 2.24) is 4.90 Å². The van der Waals surface area contributed by atoms with E-state index in [1.165, 1.54) is 0 Å². The molecule has 88 valence electrons. The van der Waals surface area contributed by atoms with Crippen molar-refractivity contribution in [2.75, 3.05) is 5.88 Å². The molecular weight excluding hydrogens is 236 g/mol. The Hall–Kier alpha value is -1.53. The third-order valence-corrected chi connectivity index (χ3v) is 3.13. The van der Waals surface area contributed by atoms with Crippen LogP contribution in [0.15, 0.2) is 24.3 Å². The molecule has 0 aromatic heterocycles. The van der Waals surface area contributed by atoms with E-state index in [1.54, 1.807) is 11.0 Å². The number of amides is 1. The van der Waals surface area contributed by atoms with Crippen LogP contribution in [0.4, 0.5) is 0 Å². The number of halogens is 1. The molecular formula is C13H13ClN2O. The minimum Gasteiger partial charge on any atom is -0.334 e. The summed E-state index contributed by atoms with van der Waals surface area (Å²) in [5.74, 6) is -0.0486. The summed E-state index contributed by atoms with van der Waals surface area (Å²) in [4.78, 5) is 13.5. The molecule has 17 heavy (non-hydrogen) atoms. The molecule has 0 unspecified atom stereocenters. The van der Waals surface area contributed by atoms with Crippen molar-refractivity contribution >= 4 is 17.5 Å². The van der Waals surface area contributed by atoms with Gasteiger partial charge in [-0.2, -0.15) is 5.26 Å². The number of nitriles is 1. The van der Waals surface area contributed by atoms with E-state index in [-0.39, 0.29) is 11.8 Å². The average Bonchev–Trinajstić information content (AvgIpc) is 3.19. The number of benzene rings is 1. The normalized spacial score (nSPS) is 14.1. The quantitative estimate of drug-likeness (QED) is 0.768. The lowest BCUT2D eigenvalue weighted by atomic mass is 10.1. The molecule has 2 rings (SSSR count). The molecule has 1 aliphatic rings. The van der Waals surface area contributed by atoms with E-state index in [4.69, 9.17) is 16.9 Å². The second kappa shape index (κ2) is 5.20. The molecule has 1 saturated carbocycles. The zero-order valence-corrected chi connectivity index (χ0v) is 10.2. The summed E-state index contributed by atoms with van der Waals surface area (Å²) >= 11 is 5.60. The van der Waals surface area contributed by atoms with E-state index in [2.05, 4.69) is 6.07 Å². The van der Waals surface area contributed by atoms with Gasteiger partial charge in [0.2, 0.25) is 5.91 Å². The summed E-state index contributed by atoms with van der Waals surface area (Å²) in [6.45, 7) is 0.486. The second-order valence-corrected chi connectivity index (χ2v) is 4.42. The van der Waals surface area contributed by atoms with Gasteiger partial charge in [-0.05, 0) is 24.5 Å². The number of nitrogens with zero attached hydrogens (tertiary/aromatic N) is 2. The van der Waals surface area contributed by atoms with Crippen molar-refractivity contribution in [3.63, 3.8) is 0 Å². The number of hydrogen-bond acceptors (Lipinski definition) is 2. The molecule has 4 heteroatoms. The number of carbonyl (C=O) groups is 1. The molecule has 0 saturated heterocycles. The van der Waals surface area contributed by atoms with Gasteiger partial charge in [0.25, 0.3) is 0 Å². The number of rotatable bonds is 4. The minimum absolute atomic E-state index is 0.00518. The van der Waals surface area contributed by atoms with Gasteiger partial charge in [-0.25, -0.2) is 0 Å². The maximum absolute atomic E-state index is 11.7. The van der Waals surface area contributed by atoms with Crippen LogP contribution in [0, 0.1) is 11.3 Å². The zero-order valence-electron chi connectivity index (χ0n) is 9.40. The highest BCUT2D eigenvalue weighted by Gasteiger charge is 2.32. The maximum atomic E-state index is 11.7. The Morgan fingerprint density at radius 3 is 2.76 bits per heavy atom. The Kier molecular flexibility index (Phi) is 3.65. The van der Waals surface area contributed by atoms with E-state index < -0.39 is 0 Å². The lowest BCUT2D eigenvalue weighted by Crippen LogP contribution is -2.33. The van der Waals surface area contributed by atoms with Crippen molar-refractivity contribution in [2.24, 2.45) is 0 Å². The molecule has 1 aromatic rings. The van der Waals surface area contributed by atoms with Crippen LogP contribution in [0.2, 0.25) is 0 Å². The van der Waals surface area contributed by atoms with Gasteiger partial charge in [0.15, 0.2) is 0 Å². The monoisotopic (exact) mass is 248 g/mol. The lowest BCUT2D eigenvalue weighted by molar-refractivity contribution is -0.129. The first kappa shape index (κ1) is 11.9. The maximum Gasteiger partial charge on any atom is 0.238 e. The predicted octanol–water partition coefficient (Wildman–Crippen LogP) is 2.29. The van der Waals surface area contributed by atoms with Gasteiger partial charge in [-0.15, -0.1) is 11.6 Å². The molecule has 1 aliphatic carbocycles. The molecule has 0 atom stereocenters. The molecule has 0 spiro atoms. The largest absolute Gasteiger partial charge is 0.334 e. The SMILES string of the molecule is N#Cc1ccccc1CN(C(=O)CCl)C1CC1. The highest BCUT2D eigenvalue weighted by Crippen LogP contribution is 2.29. The van der Waals surface area contributed by atoms with Crippen LogP contribution in [0.5, 0.6) is 0 Å². The highest BCUT2D eigenvalue weighted by molar-refractivity contribution is 6.27. The summed E-state index contributed by atoms with van der Waals surface area (Å²) < 4.78 is 0. The summed E-state index contributed by atoms with van der Waals surface area (Å²) in [5.41, 5.74) is 1.51. The fourth-order valence-electron chi connectivity index (χ4n) is 1.83. The van der Waals surface area contributed by atoms with Crippen LogP contribution in [0.1, 0.15) is 24.0 Å². The van der Waals surface area contributed by atoms with Gasteiger partial charge in [0, 0.05) is 12.6 Å². The van der Waals surface area contributed by atoms with Gasteiger partial charge in [0.1, 0.15) is 5.88 Å². The van der Waals surface area contributed by atoms with Gasteiger partial charge in [0.05, 0.1) is 11.6 Å². The van der Waals surface area contributed by atoms with Gasteiger partial charge in [-0.1, -0.05) is 18.2 Å². The van der Waals surface area contributed by atoms with Gasteiger partial charge >= 0.3 is 0 Å².